The molecule has 1 fully saturated rings. The van der Waals surface area contributed by atoms with Gasteiger partial charge < -0.3 is 19.5 Å². The summed E-state index contributed by atoms with van der Waals surface area (Å²) in [7, 11) is 0. The predicted octanol–water partition coefficient (Wildman–Crippen LogP) is 3.68. The van der Waals surface area contributed by atoms with Crippen LogP contribution in [0.25, 0.3) is 11.0 Å². The van der Waals surface area contributed by atoms with Crippen LogP contribution < -0.4 is 5.32 Å². The molecule has 1 unspecified atom stereocenters. The molecule has 4 rings (SSSR count). The minimum absolute atomic E-state index is 0.143. The zero-order chi connectivity index (χ0) is 20.4. The number of furan rings is 1. The molecule has 0 bridgehead atoms. The Labute approximate surface area is 168 Å². The molecule has 2 aromatic carbocycles. The molecule has 146 valence electrons. The van der Waals surface area contributed by atoms with Gasteiger partial charge >= 0.3 is 6.03 Å². The molecule has 0 spiro atoms. The number of anilines is 1. The number of benzene rings is 2. The van der Waals surface area contributed by atoms with E-state index < -0.39 is 0 Å². The zero-order valence-electron chi connectivity index (χ0n) is 16.0. The first-order valence-electron chi connectivity index (χ1n) is 9.41. The van der Waals surface area contributed by atoms with Gasteiger partial charge in [-0.1, -0.05) is 18.2 Å². The highest BCUT2D eigenvalue weighted by Gasteiger charge is 2.31. The van der Waals surface area contributed by atoms with Crippen molar-refractivity contribution in [2.24, 2.45) is 0 Å². The number of amides is 3. The van der Waals surface area contributed by atoms with Crippen molar-refractivity contribution in [3.8, 4) is 6.07 Å². The Balaban J connectivity index is 1.40. The average Bonchev–Trinajstić information content (AvgIpc) is 3.18. The number of carbonyl (C=O) groups is 2. The van der Waals surface area contributed by atoms with Crippen LogP contribution in [0.2, 0.25) is 0 Å². The number of para-hydroxylation sites is 1. The molecular formula is C22H20N4O3. The minimum atomic E-state index is -0.224. The van der Waals surface area contributed by atoms with Crippen LogP contribution in [0.3, 0.4) is 0 Å². The Morgan fingerprint density at radius 3 is 2.59 bits per heavy atom. The van der Waals surface area contributed by atoms with E-state index in [0.29, 0.717) is 42.2 Å². The highest BCUT2D eigenvalue weighted by molar-refractivity contribution is 5.96. The van der Waals surface area contributed by atoms with Crippen LogP contribution in [0.15, 0.2) is 59.0 Å². The molecule has 0 aliphatic carbocycles. The summed E-state index contributed by atoms with van der Waals surface area (Å²) in [5.74, 6) is 0.147. The second kappa shape index (κ2) is 7.68. The Hall–Kier alpha value is -3.79. The van der Waals surface area contributed by atoms with Gasteiger partial charge in [0, 0.05) is 36.7 Å². The molecule has 3 amide bonds. The van der Waals surface area contributed by atoms with E-state index in [1.807, 2.05) is 37.3 Å². The van der Waals surface area contributed by atoms with Crippen molar-refractivity contribution >= 4 is 28.6 Å². The van der Waals surface area contributed by atoms with E-state index in [0.717, 1.165) is 5.39 Å². The van der Waals surface area contributed by atoms with Crippen LogP contribution in [0.5, 0.6) is 0 Å². The summed E-state index contributed by atoms with van der Waals surface area (Å²) >= 11 is 0. The summed E-state index contributed by atoms with van der Waals surface area (Å²) in [5.41, 5.74) is 1.85. The van der Waals surface area contributed by atoms with Gasteiger partial charge in [0.25, 0.3) is 5.91 Å². The van der Waals surface area contributed by atoms with Gasteiger partial charge in [0.15, 0.2) is 5.76 Å². The summed E-state index contributed by atoms with van der Waals surface area (Å²) in [6, 6.07) is 17.7. The Kier molecular flexibility index (Phi) is 4.92. The maximum atomic E-state index is 12.8. The third kappa shape index (κ3) is 3.78. The van der Waals surface area contributed by atoms with Crippen LogP contribution in [0.1, 0.15) is 23.0 Å². The molecule has 29 heavy (non-hydrogen) atoms. The summed E-state index contributed by atoms with van der Waals surface area (Å²) in [5, 5.41) is 12.6. The monoisotopic (exact) mass is 388 g/mol. The van der Waals surface area contributed by atoms with Crippen LogP contribution in [0, 0.1) is 11.3 Å². The molecule has 0 radical (unpaired) electrons. The van der Waals surface area contributed by atoms with E-state index in [1.54, 1.807) is 40.1 Å². The number of rotatable bonds is 2. The number of nitriles is 1. The molecule has 0 saturated carbocycles. The molecule has 2 heterocycles. The first-order valence-corrected chi connectivity index (χ1v) is 9.41. The van der Waals surface area contributed by atoms with Crippen LogP contribution in [0.4, 0.5) is 10.5 Å². The lowest BCUT2D eigenvalue weighted by atomic mass is 10.2. The summed E-state index contributed by atoms with van der Waals surface area (Å²) < 4.78 is 5.68. The largest absolute Gasteiger partial charge is 0.451 e. The number of piperazine rings is 1. The van der Waals surface area contributed by atoms with E-state index >= 15 is 0 Å². The van der Waals surface area contributed by atoms with Gasteiger partial charge in [-0.05, 0) is 43.3 Å². The number of nitrogens with one attached hydrogen (secondary N) is 1. The quantitative estimate of drug-likeness (QED) is 0.725. The maximum absolute atomic E-state index is 12.8. The van der Waals surface area contributed by atoms with Crippen LogP contribution in [-0.2, 0) is 0 Å². The third-order valence-electron chi connectivity index (χ3n) is 5.08. The molecule has 1 aliphatic heterocycles. The molecule has 7 heteroatoms. The molecule has 7 nitrogen and oxygen atoms in total. The minimum Gasteiger partial charge on any atom is -0.451 e. The van der Waals surface area contributed by atoms with Crippen molar-refractivity contribution in [1.82, 2.24) is 9.80 Å². The lowest BCUT2D eigenvalue weighted by Crippen LogP contribution is -2.56. The van der Waals surface area contributed by atoms with E-state index in [1.165, 1.54) is 0 Å². The second-order valence-electron chi connectivity index (χ2n) is 7.06. The zero-order valence-corrected chi connectivity index (χ0v) is 16.0. The molecular weight excluding hydrogens is 368 g/mol. The fourth-order valence-corrected chi connectivity index (χ4v) is 3.51. The van der Waals surface area contributed by atoms with Crippen molar-refractivity contribution in [2.75, 3.05) is 25.0 Å². The van der Waals surface area contributed by atoms with E-state index in [4.69, 9.17) is 9.68 Å². The Morgan fingerprint density at radius 1 is 1.14 bits per heavy atom. The van der Waals surface area contributed by atoms with Crippen molar-refractivity contribution < 1.29 is 14.0 Å². The smallest absolute Gasteiger partial charge is 0.322 e. The number of fused-ring (bicyclic) bond motifs is 1. The van der Waals surface area contributed by atoms with E-state index in [-0.39, 0.29) is 18.0 Å². The SMILES string of the molecule is CC1CN(C(=O)c2cc3ccccc3o2)CCN1C(=O)Nc1ccc(C#N)cc1. The highest BCUT2D eigenvalue weighted by atomic mass is 16.3. The second-order valence-corrected chi connectivity index (χ2v) is 7.06. The number of urea groups is 1. The summed E-state index contributed by atoms with van der Waals surface area (Å²) in [4.78, 5) is 28.9. The number of nitrogens with zero attached hydrogens (tertiary/aromatic N) is 3. The summed E-state index contributed by atoms with van der Waals surface area (Å²) in [6.45, 7) is 3.20. The van der Waals surface area contributed by atoms with Gasteiger partial charge in [-0.25, -0.2) is 4.79 Å². The van der Waals surface area contributed by atoms with Crippen molar-refractivity contribution in [1.29, 1.82) is 5.26 Å². The molecule has 1 N–H and O–H groups in total. The predicted molar refractivity (Wildman–Crippen MR) is 108 cm³/mol. The number of hydrogen-bond acceptors (Lipinski definition) is 4. The highest BCUT2D eigenvalue weighted by Crippen LogP contribution is 2.22. The van der Waals surface area contributed by atoms with Gasteiger partial charge in [-0.15, -0.1) is 0 Å². The summed E-state index contributed by atoms with van der Waals surface area (Å²) in [6.07, 6.45) is 0. The van der Waals surface area contributed by atoms with Crippen molar-refractivity contribution in [2.45, 2.75) is 13.0 Å². The van der Waals surface area contributed by atoms with Crippen LogP contribution in [-0.4, -0.2) is 47.4 Å². The lowest BCUT2D eigenvalue weighted by Gasteiger charge is -2.39. The average molecular weight is 388 g/mol. The van der Waals surface area contributed by atoms with Gasteiger partial charge in [0.05, 0.1) is 11.6 Å². The van der Waals surface area contributed by atoms with Gasteiger partial charge in [0.2, 0.25) is 0 Å². The maximum Gasteiger partial charge on any atom is 0.322 e. The Morgan fingerprint density at radius 2 is 1.90 bits per heavy atom. The fourth-order valence-electron chi connectivity index (χ4n) is 3.51. The molecule has 1 aliphatic rings. The molecule has 3 aromatic rings. The Bertz CT molecular complexity index is 1060. The first-order chi connectivity index (χ1) is 14.0. The number of hydrogen-bond donors (Lipinski definition) is 1. The third-order valence-corrected chi connectivity index (χ3v) is 5.08. The van der Waals surface area contributed by atoms with E-state index in [9.17, 15) is 9.59 Å². The van der Waals surface area contributed by atoms with Crippen molar-refractivity contribution in [3.05, 3.63) is 65.9 Å². The van der Waals surface area contributed by atoms with Crippen molar-refractivity contribution in [3.63, 3.8) is 0 Å². The van der Waals surface area contributed by atoms with E-state index in [2.05, 4.69) is 5.32 Å². The lowest BCUT2D eigenvalue weighted by molar-refractivity contribution is 0.0565. The topological polar surface area (TPSA) is 89.6 Å². The molecule has 1 saturated heterocycles. The molecule has 1 aromatic heterocycles. The normalized spacial score (nSPS) is 16.5. The van der Waals surface area contributed by atoms with Gasteiger partial charge in [-0.3, -0.25) is 4.79 Å². The number of carbonyl (C=O) groups excluding carboxylic acids is 2. The fraction of sp³-hybridized carbons (Fsp3) is 0.227. The van der Waals surface area contributed by atoms with Gasteiger partial charge in [-0.2, -0.15) is 5.26 Å². The van der Waals surface area contributed by atoms with Gasteiger partial charge in [0.1, 0.15) is 5.58 Å². The first kappa shape index (κ1) is 18.6. The molecule has 1 atom stereocenters. The van der Waals surface area contributed by atoms with Crippen LogP contribution >= 0.6 is 0 Å². The standard InChI is InChI=1S/C22H20N4O3/c1-15-14-25(21(27)20-12-17-4-2-3-5-19(17)29-20)10-11-26(15)22(28)24-18-8-6-16(13-23)7-9-18/h2-9,12,15H,10-11,14H2,1H3,(H,24,28).